The van der Waals surface area contributed by atoms with Crippen molar-refractivity contribution in [2.24, 2.45) is 5.73 Å². The average Bonchev–Trinajstić information content (AvgIpc) is 1.61. The Morgan fingerprint density at radius 3 is 2.57 bits per heavy atom. The molecule has 0 aliphatic carbocycles. The van der Waals surface area contributed by atoms with Gasteiger partial charge in [0.05, 0.1) is 0 Å². The molecule has 0 rings (SSSR count). The standard InChI is InChI=1S/C4H5NOS/c1-7-3-2-4(5)6/h1H3,(H2,5,6). The Balaban J connectivity index is 3.45. The molecule has 0 aromatic heterocycles. The van der Waals surface area contributed by atoms with E-state index in [-0.39, 0.29) is 0 Å². The van der Waals surface area contributed by atoms with Gasteiger partial charge in [0.2, 0.25) is 0 Å². The first-order valence-corrected chi connectivity index (χ1v) is 2.83. The van der Waals surface area contributed by atoms with Gasteiger partial charge in [0.25, 0.3) is 5.91 Å². The molecule has 0 spiro atoms. The van der Waals surface area contributed by atoms with E-state index in [9.17, 15) is 4.79 Å². The summed E-state index contributed by atoms with van der Waals surface area (Å²) in [7, 11) is 0. The van der Waals surface area contributed by atoms with Crippen LogP contribution in [0.1, 0.15) is 0 Å². The van der Waals surface area contributed by atoms with E-state index in [1.54, 1.807) is 6.26 Å². The monoisotopic (exact) mass is 115 g/mol. The van der Waals surface area contributed by atoms with E-state index in [2.05, 4.69) is 16.9 Å². The fourth-order valence-electron chi connectivity index (χ4n) is 0.101. The van der Waals surface area contributed by atoms with Crippen LogP contribution in [-0.4, -0.2) is 12.2 Å². The lowest BCUT2D eigenvalue weighted by Gasteiger charge is -1.67. The van der Waals surface area contributed by atoms with Gasteiger partial charge in [0.1, 0.15) is 0 Å². The summed E-state index contributed by atoms with van der Waals surface area (Å²) in [5.74, 6) is 1.57. The van der Waals surface area contributed by atoms with Crippen LogP contribution in [0.4, 0.5) is 0 Å². The van der Waals surface area contributed by atoms with Gasteiger partial charge in [-0.25, -0.2) is 0 Å². The molecule has 0 aliphatic heterocycles. The molecule has 0 fully saturated rings. The average molecular weight is 115 g/mol. The van der Waals surface area contributed by atoms with E-state index in [1.807, 2.05) is 0 Å². The number of rotatable bonds is 0. The van der Waals surface area contributed by atoms with E-state index in [0.717, 1.165) is 0 Å². The largest absolute Gasteiger partial charge is 0.359 e. The predicted octanol–water partition coefficient (Wildman–Crippen LogP) is -0.204. The van der Waals surface area contributed by atoms with Gasteiger partial charge in [0, 0.05) is 5.92 Å². The van der Waals surface area contributed by atoms with Crippen LogP contribution in [0.25, 0.3) is 0 Å². The highest BCUT2D eigenvalue weighted by Crippen LogP contribution is 1.81. The van der Waals surface area contributed by atoms with E-state index >= 15 is 0 Å². The Morgan fingerprint density at radius 1 is 1.86 bits per heavy atom. The number of thioether (sulfide) groups is 1. The van der Waals surface area contributed by atoms with E-state index in [1.165, 1.54) is 11.8 Å². The molecular weight excluding hydrogens is 110 g/mol. The maximum atomic E-state index is 9.79. The Labute approximate surface area is 46.5 Å². The van der Waals surface area contributed by atoms with Crippen molar-refractivity contribution >= 4 is 17.7 Å². The highest BCUT2D eigenvalue weighted by molar-refractivity contribution is 8.03. The van der Waals surface area contributed by atoms with Gasteiger partial charge in [-0.15, -0.1) is 0 Å². The van der Waals surface area contributed by atoms with Crippen LogP contribution in [0.15, 0.2) is 0 Å². The van der Waals surface area contributed by atoms with Crippen molar-refractivity contribution in [3.05, 3.63) is 0 Å². The molecule has 0 aliphatic rings. The van der Waals surface area contributed by atoms with Crippen molar-refractivity contribution in [2.45, 2.75) is 0 Å². The molecule has 2 nitrogen and oxygen atoms in total. The van der Waals surface area contributed by atoms with E-state index in [4.69, 9.17) is 0 Å². The molecule has 0 bridgehead atoms. The Bertz CT molecular complexity index is 121. The van der Waals surface area contributed by atoms with Crippen LogP contribution in [0.3, 0.4) is 0 Å². The first-order valence-electron chi connectivity index (χ1n) is 1.61. The lowest BCUT2D eigenvalue weighted by molar-refractivity contribution is -0.112. The van der Waals surface area contributed by atoms with Crippen LogP contribution in [0.5, 0.6) is 0 Å². The van der Waals surface area contributed by atoms with Crippen molar-refractivity contribution in [2.75, 3.05) is 6.26 Å². The van der Waals surface area contributed by atoms with Crippen LogP contribution < -0.4 is 5.73 Å². The maximum Gasteiger partial charge on any atom is 0.294 e. The summed E-state index contributed by atoms with van der Waals surface area (Å²) in [6.07, 6.45) is 1.77. The number of amides is 1. The molecule has 0 aromatic rings. The Morgan fingerprint density at radius 2 is 2.43 bits per heavy atom. The van der Waals surface area contributed by atoms with Crippen LogP contribution in [0.2, 0.25) is 0 Å². The molecule has 38 valence electrons. The molecule has 0 saturated heterocycles. The van der Waals surface area contributed by atoms with Gasteiger partial charge in [-0.2, -0.15) is 0 Å². The highest BCUT2D eigenvalue weighted by atomic mass is 32.2. The van der Waals surface area contributed by atoms with Gasteiger partial charge < -0.3 is 5.73 Å². The molecular formula is C4H5NOS. The topological polar surface area (TPSA) is 43.1 Å². The minimum atomic E-state index is -0.575. The summed E-state index contributed by atoms with van der Waals surface area (Å²) < 4.78 is 0. The van der Waals surface area contributed by atoms with Gasteiger partial charge in [0.15, 0.2) is 0 Å². The summed E-state index contributed by atoms with van der Waals surface area (Å²) in [6.45, 7) is 0. The molecule has 0 saturated carbocycles. The first-order chi connectivity index (χ1) is 3.27. The van der Waals surface area contributed by atoms with Crippen LogP contribution in [0, 0.1) is 11.2 Å². The summed E-state index contributed by atoms with van der Waals surface area (Å²) in [6, 6.07) is 0. The first kappa shape index (κ1) is 6.38. The summed E-state index contributed by atoms with van der Waals surface area (Å²) in [4.78, 5) is 9.79. The molecule has 0 heterocycles. The zero-order valence-corrected chi connectivity index (χ0v) is 4.71. The van der Waals surface area contributed by atoms with Crippen molar-refractivity contribution < 1.29 is 4.79 Å². The van der Waals surface area contributed by atoms with Crippen molar-refractivity contribution in [1.82, 2.24) is 0 Å². The van der Waals surface area contributed by atoms with Crippen molar-refractivity contribution in [3.8, 4) is 11.2 Å². The number of nitrogens with two attached hydrogens (primary N) is 1. The van der Waals surface area contributed by atoms with Gasteiger partial charge in [-0.3, -0.25) is 4.79 Å². The zero-order chi connectivity index (χ0) is 5.70. The highest BCUT2D eigenvalue weighted by Gasteiger charge is 1.74. The molecule has 2 N–H and O–H groups in total. The smallest absolute Gasteiger partial charge is 0.294 e. The Hall–Kier alpha value is -0.620. The number of carbonyl (C=O) groups excluding carboxylic acids is 1. The van der Waals surface area contributed by atoms with Crippen LogP contribution in [-0.2, 0) is 4.79 Å². The van der Waals surface area contributed by atoms with Gasteiger partial charge in [-0.1, -0.05) is 11.8 Å². The third kappa shape index (κ3) is 5.38. The number of hydrogen-bond acceptors (Lipinski definition) is 2. The maximum absolute atomic E-state index is 9.79. The van der Waals surface area contributed by atoms with Crippen molar-refractivity contribution in [3.63, 3.8) is 0 Å². The molecule has 0 atom stereocenters. The molecule has 0 unspecified atom stereocenters. The lowest BCUT2D eigenvalue weighted by atomic mass is 10.7. The third-order valence-corrected chi connectivity index (χ3v) is 0.582. The molecule has 3 heteroatoms. The Kier molecular flexibility index (Phi) is 3.25. The van der Waals surface area contributed by atoms with Crippen molar-refractivity contribution in [1.29, 1.82) is 0 Å². The fraction of sp³-hybridized carbons (Fsp3) is 0.250. The molecule has 7 heavy (non-hydrogen) atoms. The zero-order valence-electron chi connectivity index (χ0n) is 3.89. The predicted molar refractivity (Wildman–Crippen MR) is 30.5 cm³/mol. The van der Waals surface area contributed by atoms with Crippen LogP contribution >= 0.6 is 11.8 Å². The quantitative estimate of drug-likeness (QED) is 0.444. The van der Waals surface area contributed by atoms with E-state index in [0.29, 0.717) is 0 Å². The molecule has 1 amide bonds. The van der Waals surface area contributed by atoms with Gasteiger partial charge >= 0.3 is 0 Å². The molecule has 0 aromatic carbocycles. The minimum absolute atomic E-state index is 0.575. The second-order valence-corrected chi connectivity index (χ2v) is 1.41. The number of hydrogen-bond donors (Lipinski definition) is 1. The second kappa shape index (κ2) is 3.57. The lowest BCUT2D eigenvalue weighted by Crippen LogP contribution is -2.05. The summed E-state index contributed by atoms with van der Waals surface area (Å²) in [5, 5.41) is 2.44. The second-order valence-electron chi connectivity index (χ2n) is 0.795. The number of carbonyl (C=O) groups is 1. The third-order valence-electron chi connectivity index (χ3n) is 0.276. The van der Waals surface area contributed by atoms with Gasteiger partial charge in [-0.05, 0) is 11.5 Å². The minimum Gasteiger partial charge on any atom is -0.359 e. The summed E-state index contributed by atoms with van der Waals surface area (Å²) >= 11 is 1.27. The normalized spacial score (nSPS) is 6.43. The molecule has 0 radical (unpaired) electrons. The summed E-state index contributed by atoms with van der Waals surface area (Å²) in [5.41, 5.74) is 4.65. The van der Waals surface area contributed by atoms with E-state index < -0.39 is 5.91 Å². The SMILES string of the molecule is CSC#CC(N)=O. The number of primary amides is 1. The fourth-order valence-corrected chi connectivity index (χ4v) is 0.304.